The third kappa shape index (κ3) is 2.94. The first kappa shape index (κ1) is 16.3. The second kappa shape index (κ2) is 5.61. The molecule has 1 aliphatic carbocycles. The summed E-state index contributed by atoms with van der Waals surface area (Å²) in [6.07, 6.45) is 5.81. The highest BCUT2D eigenvalue weighted by Crippen LogP contribution is 2.37. The molecule has 118 valence electrons. The number of amides is 1. The Kier molecular flexibility index (Phi) is 4.36. The molecule has 0 bridgehead atoms. The van der Waals surface area contributed by atoms with E-state index in [9.17, 15) is 4.79 Å². The van der Waals surface area contributed by atoms with Gasteiger partial charge < -0.3 is 10.6 Å². The molecule has 1 amide bonds. The summed E-state index contributed by atoms with van der Waals surface area (Å²) in [5.74, 6) is 1.20. The van der Waals surface area contributed by atoms with E-state index in [1.54, 1.807) is 6.20 Å². The summed E-state index contributed by atoms with van der Waals surface area (Å²) in [6.45, 7) is 7.90. The summed E-state index contributed by atoms with van der Waals surface area (Å²) in [6, 6.07) is 0.273. The van der Waals surface area contributed by atoms with Crippen LogP contribution in [0.1, 0.15) is 44.0 Å². The van der Waals surface area contributed by atoms with Crippen molar-refractivity contribution in [3.63, 3.8) is 0 Å². The minimum atomic E-state index is -0.0948. The van der Waals surface area contributed by atoms with Crippen molar-refractivity contribution in [2.24, 2.45) is 17.6 Å². The molecule has 3 rings (SSSR count). The number of hydrogen-bond acceptors (Lipinski definition) is 3. The smallest absolute Gasteiger partial charge is 0.257 e. The van der Waals surface area contributed by atoms with Crippen molar-refractivity contribution in [1.82, 2.24) is 14.7 Å². The fourth-order valence-corrected chi connectivity index (χ4v) is 3.46. The number of fused-ring (bicyclic) bond motifs is 1. The SMILES string of the molecule is CC(C)(C)n1cc(C(=O)N2CC3CCC(N)C3C2)cn1.Cl. The minimum absolute atomic E-state index is 0. The average molecular weight is 313 g/mol. The summed E-state index contributed by atoms with van der Waals surface area (Å²) < 4.78 is 1.85. The van der Waals surface area contributed by atoms with E-state index < -0.39 is 0 Å². The molecule has 0 aromatic carbocycles. The van der Waals surface area contributed by atoms with Crippen LogP contribution in [0.2, 0.25) is 0 Å². The zero-order chi connectivity index (χ0) is 14.5. The van der Waals surface area contributed by atoms with Crippen molar-refractivity contribution in [3.05, 3.63) is 18.0 Å². The maximum absolute atomic E-state index is 12.6. The first-order valence-electron chi connectivity index (χ1n) is 7.46. The van der Waals surface area contributed by atoms with E-state index in [2.05, 4.69) is 25.9 Å². The molecule has 21 heavy (non-hydrogen) atoms. The quantitative estimate of drug-likeness (QED) is 0.861. The van der Waals surface area contributed by atoms with Crippen molar-refractivity contribution in [3.8, 4) is 0 Å². The van der Waals surface area contributed by atoms with Crippen LogP contribution in [0.3, 0.4) is 0 Å². The predicted octanol–water partition coefficient (Wildman–Crippen LogP) is 1.87. The summed E-state index contributed by atoms with van der Waals surface area (Å²) in [4.78, 5) is 14.5. The Morgan fingerprint density at radius 1 is 1.33 bits per heavy atom. The second-order valence-corrected chi connectivity index (χ2v) is 7.22. The highest BCUT2D eigenvalue weighted by Gasteiger charge is 2.42. The number of aromatic nitrogens is 2. The fraction of sp³-hybridized carbons (Fsp3) is 0.733. The van der Waals surface area contributed by atoms with Crippen LogP contribution in [0.15, 0.2) is 12.4 Å². The Hall–Kier alpha value is -1.07. The zero-order valence-corrected chi connectivity index (χ0v) is 13.8. The van der Waals surface area contributed by atoms with Gasteiger partial charge in [0.1, 0.15) is 0 Å². The van der Waals surface area contributed by atoms with E-state index in [4.69, 9.17) is 5.73 Å². The molecule has 2 N–H and O–H groups in total. The second-order valence-electron chi connectivity index (χ2n) is 7.22. The number of hydrogen-bond donors (Lipinski definition) is 1. The van der Waals surface area contributed by atoms with E-state index in [0.29, 0.717) is 17.4 Å². The molecule has 1 saturated heterocycles. The van der Waals surface area contributed by atoms with Gasteiger partial charge >= 0.3 is 0 Å². The van der Waals surface area contributed by atoms with Gasteiger partial charge in [0.25, 0.3) is 5.91 Å². The topological polar surface area (TPSA) is 64.2 Å². The lowest BCUT2D eigenvalue weighted by Crippen LogP contribution is -2.33. The molecule has 0 radical (unpaired) electrons. The van der Waals surface area contributed by atoms with Crippen LogP contribution in [0.25, 0.3) is 0 Å². The number of nitrogens with two attached hydrogens (primary N) is 1. The maximum atomic E-state index is 12.6. The van der Waals surface area contributed by atoms with E-state index in [-0.39, 0.29) is 29.9 Å². The van der Waals surface area contributed by atoms with Gasteiger partial charge in [-0.15, -0.1) is 12.4 Å². The van der Waals surface area contributed by atoms with Crippen LogP contribution in [-0.4, -0.2) is 39.7 Å². The highest BCUT2D eigenvalue weighted by molar-refractivity contribution is 5.94. The average Bonchev–Trinajstić information content (AvgIpc) is 3.04. The maximum Gasteiger partial charge on any atom is 0.257 e. The number of rotatable bonds is 1. The number of likely N-dealkylation sites (tertiary alicyclic amines) is 1. The molecule has 1 aliphatic heterocycles. The van der Waals surface area contributed by atoms with Crippen LogP contribution in [0, 0.1) is 11.8 Å². The van der Waals surface area contributed by atoms with Gasteiger partial charge in [-0.1, -0.05) is 0 Å². The largest absolute Gasteiger partial charge is 0.338 e. The minimum Gasteiger partial charge on any atom is -0.338 e. The molecule has 5 nitrogen and oxygen atoms in total. The molecule has 1 aromatic rings. The van der Waals surface area contributed by atoms with Crippen molar-refractivity contribution in [1.29, 1.82) is 0 Å². The number of carbonyl (C=O) groups is 1. The van der Waals surface area contributed by atoms with Crippen LogP contribution in [0.4, 0.5) is 0 Å². The Morgan fingerprint density at radius 2 is 2.05 bits per heavy atom. The molecule has 6 heteroatoms. The van der Waals surface area contributed by atoms with Crippen LogP contribution in [-0.2, 0) is 5.54 Å². The van der Waals surface area contributed by atoms with E-state index in [1.807, 2.05) is 15.8 Å². The molecule has 2 heterocycles. The summed E-state index contributed by atoms with van der Waals surface area (Å²) >= 11 is 0. The first-order valence-corrected chi connectivity index (χ1v) is 7.46. The zero-order valence-electron chi connectivity index (χ0n) is 13.0. The molecular formula is C15H25ClN4O. The molecule has 1 aromatic heterocycles. The van der Waals surface area contributed by atoms with Crippen LogP contribution < -0.4 is 5.73 Å². The van der Waals surface area contributed by atoms with Crippen molar-refractivity contribution >= 4 is 18.3 Å². The summed E-state index contributed by atoms with van der Waals surface area (Å²) in [5, 5.41) is 4.31. The van der Waals surface area contributed by atoms with Crippen LogP contribution in [0.5, 0.6) is 0 Å². The van der Waals surface area contributed by atoms with Gasteiger partial charge in [0.05, 0.1) is 17.3 Å². The molecule has 3 atom stereocenters. The van der Waals surface area contributed by atoms with Gasteiger partial charge in [0.2, 0.25) is 0 Å². The summed E-state index contributed by atoms with van der Waals surface area (Å²) in [7, 11) is 0. The monoisotopic (exact) mass is 312 g/mol. The highest BCUT2D eigenvalue weighted by atomic mass is 35.5. The van der Waals surface area contributed by atoms with Gasteiger partial charge in [-0.3, -0.25) is 9.48 Å². The predicted molar refractivity (Wildman–Crippen MR) is 84.6 cm³/mol. The molecule has 2 aliphatic rings. The van der Waals surface area contributed by atoms with Crippen molar-refractivity contribution < 1.29 is 4.79 Å². The first-order chi connectivity index (χ1) is 9.36. The number of nitrogens with zero attached hydrogens (tertiary/aromatic N) is 3. The van der Waals surface area contributed by atoms with Crippen molar-refractivity contribution in [2.45, 2.75) is 45.2 Å². The van der Waals surface area contributed by atoms with Gasteiger partial charge in [-0.2, -0.15) is 5.10 Å². The number of carbonyl (C=O) groups excluding carboxylic acids is 1. The summed E-state index contributed by atoms with van der Waals surface area (Å²) in [5.41, 5.74) is 6.72. The molecular weight excluding hydrogens is 288 g/mol. The normalized spacial score (nSPS) is 28.4. The Bertz CT molecular complexity index is 522. The fourth-order valence-electron chi connectivity index (χ4n) is 3.46. The van der Waals surface area contributed by atoms with E-state index in [1.165, 1.54) is 0 Å². The molecule has 0 spiro atoms. The van der Waals surface area contributed by atoms with Gasteiger partial charge in [-0.05, 0) is 45.4 Å². The lowest BCUT2D eigenvalue weighted by atomic mass is 9.98. The lowest BCUT2D eigenvalue weighted by Gasteiger charge is -2.19. The number of halogens is 1. The van der Waals surface area contributed by atoms with Crippen molar-refractivity contribution in [2.75, 3.05) is 13.1 Å². The third-order valence-corrected chi connectivity index (χ3v) is 4.72. The van der Waals surface area contributed by atoms with E-state index >= 15 is 0 Å². The molecule has 2 fully saturated rings. The molecule has 3 unspecified atom stereocenters. The van der Waals surface area contributed by atoms with Gasteiger partial charge in [-0.25, -0.2) is 0 Å². The standard InChI is InChI=1S/C15H24N4O.ClH/c1-15(2,3)19-8-11(6-17-19)14(20)18-7-10-4-5-13(16)12(10)9-18;/h6,8,10,12-13H,4-5,7,9,16H2,1-3H3;1H. The van der Waals surface area contributed by atoms with Crippen LogP contribution >= 0.6 is 12.4 Å². The third-order valence-electron chi connectivity index (χ3n) is 4.72. The Morgan fingerprint density at radius 3 is 2.62 bits per heavy atom. The Balaban J connectivity index is 0.00000161. The lowest BCUT2D eigenvalue weighted by molar-refractivity contribution is 0.0779. The van der Waals surface area contributed by atoms with Gasteiger partial charge in [0, 0.05) is 25.3 Å². The molecule has 1 saturated carbocycles. The van der Waals surface area contributed by atoms with Gasteiger partial charge in [0.15, 0.2) is 0 Å². The Labute approximate surface area is 132 Å². The van der Waals surface area contributed by atoms with E-state index in [0.717, 1.165) is 25.9 Å².